The van der Waals surface area contributed by atoms with E-state index in [0.717, 1.165) is 0 Å². The third-order valence-corrected chi connectivity index (χ3v) is 1.60. The van der Waals surface area contributed by atoms with Crippen molar-refractivity contribution in [3.63, 3.8) is 0 Å². The highest BCUT2D eigenvalue weighted by Crippen LogP contribution is 2.11. The van der Waals surface area contributed by atoms with Gasteiger partial charge in [-0.2, -0.15) is 0 Å². The summed E-state index contributed by atoms with van der Waals surface area (Å²) in [6.45, 7) is 4.84. The van der Waals surface area contributed by atoms with Crippen LogP contribution in [0.4, 0.5) is 0 Å². The summed E-state index contributed by atoms with van der Waals surface area (Å²) in [7, 11) is 0. The molecule has 0 aromatic rings. The van der Waals surface area contributed by atoms with E-state index < -0.39 is 24.1 Å². The van der Waals surface area contributed by atoms with Crippen LogP contribution in [0, 0.1) is 5.92 Å². The van der Waals surface area contributed by atoms with Gasteiger partial charge in [-0.25, -0.2) is 0 Å². The summed E-state index contributed by atoms with van der Waals surface area (Å²) in [6, 6.07) is 0. The van der Waals surface area contributed by atoms with Crippen LogP contribution in [0.15, 0.2) is 0 Å². The summed E-state index contributed by atoms with van der Waals surface area (Å²) < 4.78 is 4.67. The fourth-order valence-corrected chi connectivity index (χ4v) is 1.04. The Morgan fingerprint density at radius 1 is 1.33 bits per heavy atom. The molecule has 0 bridgehead atoms. The van der Waals surface area contributed by atoms with Crippen LogP contribution in [-0.4, -0.2) is 35.0 Å². The zero-order chi connectivity index (χ0) is 9.72. The molecule has 72 valence electrons. The van der Waals surface area contributed by atoms with Gasteiger partial charge in [0, 0.05) is 0 Å². The highest BCUT2D eigenvalue weighted by molar-refractivity contribution is 5.73. The van der Waals surface area contributed by atoms with Gasteiger partial charge in [-0.15, -0.1) is 0 Å². The fourth-order valence-electron chi connectivity index (χ4n) is 1.04. The minimum absolute atomic E-state index is 0.259. The zero-order valence-corrected chi connectivity index (χ0v) is 7.65. The molecule has 0 fully saturated rings. The molecule has 0 aromatic carbocycles. The van der Waals surface area contributed by atoms with Crippen molar-refractivity contribution in [2.45, 2.75) is 33.0 Å². The number of ether oxygens (including phenoxy) is 1. The Bertz CT molecular complexity index is 134. The normalized spacial score (nSPS) is 18.1. The van der Waals surface area contributed by atoms with Gasteiger partial charge in [-0.05, 0) is 20.8 Å². The van der Waals surface area contributed by atoms with Gasteiger partial charge in [0.2, 0.25) is 0 Å². The molecule has 0 spiro atoms. The molecule has 0 aliphatic carbocycles. The first-order chi connectivity index (χ1) is 5.50. The molecule has 0 radical (unpaired) electrons. The van der Waals surface area contributed by atoms with Crippen LogP contribution in [0.25, 0.3) is 0 Å². The molecule has 0 rings (SSSR count). The van der Waals surface area contributed by atoms with Gasteiger partial charge in [0.25, 0.3) is 0 Å². The first-order valence-electron chi connectivity index (χ1n) is 4.03. The predicted octanol–water partition coefficient (Wildman–Crippen LogP) is -0.0727. The number of carbonyl (C=O) groups is 1. The fraction of sp³-hybridized carbons (Fsp3) is 0.875. The van der Waals surface area contributed by atoms with Crippen molar-refractivity contribution in [3.05, 3.63) is 0 Å². The highest BCUT2D eigenvalue weighted by atomic mass is 16.5. The monoisotopic (exact) mass is 176 g/mol. The average Bonchev–Trinajstić information content (AvgIpc) is 1.85. The van der Waals surface area contributed by atoms with Crippen molar-refractivity contribution in [1.29, 1.82) is 0 Å². The Labute approximate surface area is 72.2 Å². The Kier molecular flexibility index (Phi) is 4.85. The third kappa shape index (κ3) is 3.19. The SMILES string of the molecule is CCOC(=O)C(C(C)O)C(C)O. The number of hydrogen-bond donors (Lipinski definition) is 2. The Hall–Kier alpha value is -0.610. The minimum Gasteiger partial charge on any atom is -0.466 e. The van der Waals surface area contributed by atoms with E-state index in [4.69, 9.17) is 10.2 Å². The van der Waals surface area contributed by atoms with E-state index in [1.807, 2.05) is 0 Å². The summed E-state index contributed by atoms with van der Waals surface area (Å²) in [5, 5.41) is 18.2. The first kappa shape index (κ1) is 11.4. The quantitative estimate of drug-likeness (QED) is 0.588. The van der Waals surface area contributed by atoms with Gasteiger partial charge in [0.1, 0.15) is 5.92 Å². The van der Waals surface area contributed by atoms with Crippen molar-refractivity contribution in [1.82, 2.24) is 0 Å². The van der Waals surface area contributed by atoms with Crippen LogP contribution in [-0.2, 0) is 9.53 Å². The lowest BCUT2D eigenvalue weighted by Crippen LogP contribution is -2.36. The van der Waals surface area contributed by atoms with Crippen LogP contribution in [0.5, 0.6) is 0 Å². The van der Waals surface area contributed by atoms with E-state index in [-0.39, 0.29) is 6.61 Å². The van der Waals surface area contributed by atoms with E-state index in [1.165, 1.54) is 13.8 Å². The maximum Gasteiger partial charge on any atom is 0.314 e. The topological polar surface area (TPSA) is 66.8 Å². The second-order valence-electron chi connectivity index (χ2n) is 2.76. The van der Waals surface area contributed by atoms with Crippen LogP contribution in [0.2, 0.25) is 0 Å². The Morgan fingerprint density at radius 3 is 2.00 bits per heavy atom. The summed E-state index contributed by atoms with van der Waals surface area (Å²) in [4.78, 5) is 11.1. The average molecular weight is 176 g/mol. The predicted molar refractivity (Wildman–Crippen MR) is 43.5 cm³/mol. The molecule has 2 N–H and O–H groups in total. The maximum atomic E-state index is 11.1. The van der Waals surface area contributed by atoms with E-state index in [2.05, 4.69) is 4.74 Å². The molecular formula is C8H16O4. The first-order valence-corrected chi connectivity index (χ1v) is 4.03. The lowest BCUT2D eigenvalue weighted by atomic mass is 9.98. The van der Waals surface area contributed by atoms with Crippen molar-refractivity contribution in [2.24, 2.45) is 5.92 Å². The lowest BCUT2D eigenvalue weighted by molar-refractivity contribution is -0.156. The maximum absolute atomic E-state index is 11.1. The standard InChI is InChI=1S/C8H16O4/c1-4-12-8(11)7(5(2)9)6(3)10/h5-7,9-10H,4H2,1-3H3. The number of aliphatic hydroxyl groups is 2. The van der Waals surface area contributed by atoms with Gasteiger partial charge < -0.3 is 14.9 Å². The second-order valence-corrected chi connectivity index (χ2v) is 2.76. The number of hydrogen-bond acceptors (Lipinski definition) is 4. The molecule has 0 saturated heterocycles. The highest BCUT2D eigenvalue weighted by Gasteiger charge is 2.29. The lowest BCUT2D eigenvalue weighted by Gasteiger charge is -2.20. The molecule has 2 unspecified atom stereocenters. The van der Waals surface area contributed by atoms with Crippen molar-refractivity contribution < 1.29 is 19.7 Å². The van der Waals surface area contributed by atoms with E-state index in [1.54, 1.807) is 6.92 Å². The van der Waals surface area contributed by atoms with Crippen molar-refractivity contribution in [3.8, 4) is 0 Å². The molecule has 4 nitrogen and oxygen atoms in total. The molecule has 12 heavy (non-hydrogen) atoms. The number of rotatable bonds is 4. The van der Waals surface area contributed by atoms with Crippen LogP contribution in [0.3, 0.4) is 0 Å². The van der Waals surface area contributed by atoms with Crippen molar-refractivity contribution in [2.75, 3.05) is 6.61 Å². The number of esters is 1. The molecular weight excluding hydrogens is 160 g/mol. The summed E-state index contributed by atoms with van der Waals surface area (Å²) in [6.07, 6.45) is -1.77. The smallest absolute Gasteiger partial charge is 0.314 e. The van der Waals surface area contributed by atoms with Gasteiger partial charge >= 0.3 is 5.97 Å². The van der Waals surface area contributed by atoms with Crippen LogP contribution < -0.4 is 0 Å². The number of aliphatic hydroxyl groups excluding tert-OH is 2. The van der Waals surface area contributed by atoms with E-state index in [0.29, 0.717) is 0 Å². The van der Waals surface area contributed by atoms with Gasteiger partial charge in [-0.1, -0.05) is 0 Å². The minimum atomic E-state index is -0.885. The van der Waals surface area contributed by atoms with Crippen LogP contribution >= 0.6 is 0 Å². The molecule has 0 heterocycles. The summed E-state index contributed by atoms with van der Waals surface area (Å²) in [5.74, 6) is -1.40. The Morgan fingerprint density at radius 2 is 1.75 bits per heavy atom. The summed E-state index contributed by atoms with van der Waals surface area (Å²) in [5.41, 5.74) is 0. The van der Waals surface area contributed by atoms with Crippen LogP contribution in [0.1, 0.15) is 20.8 Å². The van der Waals surface area contributed by atoms with E-state index >= 15 is 0 Å². The molecule has 0 amide bonds. The molecule has 0 aliphatic rings. The van der Waals surface area contributed by atoms with E-state index in [9.17, 15) is 4.79 Å². The largest absolute Gasteiger partial charge is 0.466 e. The van der Waals surface area contributed by atoms with Gasteiger partial charge in [0.05, 0.1) is 18.8 Å². The Balaban J connectivity index is 4.20. The zero-order valence-electron chi connectivity index (χ0n) is 7.65. The number of carbonyl (C=O) groups excluding carboxylic acids is 1. The molecule has 0 aromatic heterocycles. The molecule has 4 heteroatoms. The molecule has 2 atom stereocenters. The summed E-state index contributed by atoms with van der Waals surface area (Å²) >= 11 is 0. The third-order valence-electron chi connectivity index (χ3n) is 1.60. The van der Waals surface area contributed by atoms with Gasteiger partial charge in [-0.3, -0.25) is 4.79 Å². The molecule has 0 aliphatic heterocycles. The molecule has 0 saturated carbocycles. The van der Waals surface area contributed by atoms with Crippen molar-refractivity contribution >= 4 is 5.97 Å². The van der Waals surface area contributed by atoms with Gasteiger partial charge in [0.15, 0.2) is 0 Å². The second kappa shape index (κ2) is 5.11.